The maximum Gasteiger partial charge on any atom is 0.222 e. The lowest BCUT2D eigenvalue weighted by Gasteiger charge is -2.46. The fourth-order valence-electron chi connectivity index (χ4n) is 8.10. The van der Waals surface area contributed by atoms with Crippen LogP contribution in [0.4, 0.5) is 0 Å². The van der Waals surface area contributed by atoms with Gasteiger partial charge in [0.15, 0.2) is 18.9 Å². The van der Waals surface area contributed by atoms with Gasteiger partial charge in [-0.3, -0.25) is 4.79 Å². The summed E-state index contributed by atoms with van der Waals surface area (Å²) in [5.41, 5.74) is 24.9. The lowest BCUT2D eigenvalue weighted by Crippen LogP contribution is -2.66. The van der Waals surface area contributed by atoms with E-state index < -0.39 is 117 Å². The number of hydrogen-bond donors (Lipinski definition) is 12. The highest BCUT2D eigenvalue weighted by atomic mass is 16.8. The van der Waals surface area contributed by atoms with E-state index >= 15 is 0 Å². The highest BCUT2D eigenvalue weighted by Gasteiger charge is 2.54. The largest absolute Gasteiger partial charge is 0.394 e. The Hall–Kier alpha value is -1.51. The third-order valence-electron chi connectivity index (χ3n) is 11.1. The van der Waals surface area contributed by atoms with Crippen LogP contribution in [0.2, 0.25) is 0 Å². The molecule has 2 saturated heterocycles. The molecule has 318 valence electrons. The molecule has 55 heavy (non-hydrogen) atoms. The van der Waals surface area contributed by atoms with Crippen molar-refractivity contribution in [3.05, 3.63) is 12.2 Å². The van der Waals surface area contributed by atoms with Gasteiger partial charge in [-0.15, -0.1) is 0 Å². The van der Waals surface area contributed by atoms with Gasteiger partial charge in [-0.1, -0.05) is 19.1 Å². The summed E-state index contributed by atoms with van der Waals surface area (Å²) in [7, 11) is 3.52. The van der Waals surface area contributed by atoms with E-state index in [2.05, 4.69) is 17.6 Å². The van der Waals surface area contributed by atoms with E-state index in [-0.39, 0.29) is 32.0 Å². The summed E-state index contributed by atoms with van der Waals surface area (Å²) in [6, 6.07) is -3.81. The Kier molecular flexibility index (Phi) is 16.2. The van der Waals surface area contributed by atoms with Gasteiger partial charge in [-0.2, -0.15) is 0 Å². The number of likely N-dealkylation sites (N-methyl/N-ethyl adjacent to an activating group) is 1. The summed E-state index contributed by atoms with van der Waals surface area (Å²) in [5.74, 6) is 0.831. The minimum Gasteiger partial charge on any atom is -0.394 e. The van der Waals surface area contributed by atoms with Gasteiger partial charge in [0.25, 0.3) is 0 Å². The normalized spacial score (nSPS) is 45.4. The fraction of sp³-hybridized carbons (Fsp3) is 0.914. The van der Waals surface area contributed by atoms with Crippen LogP contribution in [0.5, 0.6) is 0 Å². The molecule has 0 radical (unpaired) electrons. The Morgan fingerprint density at radius 3 is 2.18 bits per heavy atom. The van der Waals surface area contributed by atoms with E-state index in [4.69, 9.17) is 51.4 Å². The van der Waals surface area contributed by atoms with Crippen LogP contribution in [0.25, 0.3) is 0 Å². The van der Waals surface area contributed by atoms with Crippen molar-refractivity contribution in [3.8, 4) is 0 Å². The molecule has 5 aliphatic rings. The second kappa shape index (κ2) is 20.0. The molecule has 0 spiro atoms. The van der Waals surface area contributed by atoms with Gasteiger partial charge in [0.2, 0.25) is 5.91 Å². The quantitative estimate of drug-likeness (QED) is 0.0610. The molecule has 1 amide bonds. The molecule has 0 bridgehead atoms. The van der Waals surface area contributed by atoms with Crippen LogP contribution in [0, 0.1) is 11.8 Å². The first-order valence-corrected chi connectivity index (χ1v) is 19.3. The lowest BCUT2D eigenvalue weighted by atomic mass is 9.76. The molecule has 0 aromatic carbocycles. The van der Waals surface area contributed by atoms with E-state index in [1.54, 1.807) is 25.1 Å². The first-order chi connectivity index (χ1) is 26.1. The van der Waals surface area contributed by atoms with Crippen molar-refractivity contribution in [1.29, 1.82) is 0 Å². The van der Waals surface area contributed by atoms with Crippen molar-refractivity contribution in [1.82, 2.24) is 15.5 Å². The molecule has 2 aliphatic carbocycles. The van der Waals surface area contributed by atoms with Gasteiger partial charge in [0.1, 0.15) is 54.9 Å². The number of nitrogens with zero attached hydrogens (tertiary/aromatic N) is 1. The van der Waals surface area contributed by atoms with Gasteiger partial charge < -0.3 is 97.5 Å². The van der Waals surface area contributed by atoms with Gasteiger partial charge in [-0.25, -0.2) is 0 Å². The molecule has 18 atom stereocenters. The Bertz CT molecular complexity index is 1240. The van der Waals surface area contributed by atoms with Gasteiger partial charge in [-0.05, 0) is 51.7 Å². The zero-order valence-corrected chi connectivity index (χ0v) is 31.9. The van der Waals surface area contributed by atoms with Crippen LogP contribution in [0.3, 0.4) is 0 Å². The minimum absolute atomic E-state index is 0.0380. The van der Waals surface area contributed by atoms with Crippen molar-refractivity contribution in [2.24, 2.45) is 34.8 Å². The molecule has 4 fully saturated rings. The molecule has 18 unspecified atom stereocenters. The molecule has 5 rings (SSSR count). The third kappa shape index (κ3) is 11.2. The van der Waals surface area contributed by atoms with Crippen LogP contribution in [0.1, 0.15) is 32.6 Å². The summed E-state index contributed by atoms with van der Waals surface area (Å²) in [5, 5.41) is 70.8. The molecule has 2 saturated carbocycles. The highest BCUT2D eigenvalue weighted by Crippen LogP contribution is 2.35. The lowest BCUT2D eigenvalue weighted by molar-refractivity contribution is -0.284. The van der Waals surface area contributed by atoms with Gasteiger partial charge in [0.05, 0.1) is 43.4 Å². The second-order valence-corrected chi connectivity index (χ2v) is 16.1. The van der Waals surface area contributed by atoms with Crippen LogP contribution in [-0.4, -0.2) is 199 Å². The molecule has 20 nitrogen and oxygen atoms in total. The fourth-order valence-corrected chi connectivity index (χ4v) is 8.10. The summed E-state index contributed by atoms with van der Waals surface area (Å²) in [4.78, 5) is 14.7. The number of ether oxygens (including phenoxy) is 6. The monoisotopic (exact) mass is 791 g/mol. The molecular formula is C35H65N7O13. The summed E-state index contributed by atoms with van der Waals surface area (Å²) < 4.78 is 36.4. The molecule has 16 N–H and O–H groups in total. The number of hydrogen-bond acceptors (Lipinski definition) is 19. The number of nitrogens with one attached hydrogen (secondary N) is 2. The van der Waals surface area contributed by atoms with Crippen molar-refractivity contribution < 1.29 is 63.9 Å². The summed E-state index contributed by atoms with van der Waals surface area (Å²) in [6.45, 7) is 3.04. The number of rotatable bonds is 17. The molecule has 3 heterocycles. The van der Waals surface area contributed by atoms with Crippen LogP contribution < -0.4 is 33.6 Å². The van der Waals surface area contributed by atoms with Crippen molar-refractivity contribution >= 4 is 5.91 Å². The number of carbonyl (C=O) groups excluding carboxylic acids is 1. The number of aliphatic hydroxyl groups excluding tert-OH is 6. The second-order valence-electron chi connectivity index (χ2n) is 16.1. The summed E-state index contributed by atoms with van der Waals surface area (Å²) >= 11 is 0. The maximum absolute atomic E-state index is 13.0. The maximum atomic E-state index is 13.0. The molecule has 3 aliphatic heterocycles. The molecular weight excluding hydrogens is 726 g/mol. The topological polar surface area (TPSA) is 325 Å². The summed E-state index contributed by atoms with van der Waals surface area (Å²) in [6.07, 6.45) is -11.5. The first kappa shape index (κ1) is 44.6. The first-order valence-electron chi connectivity index (χ1n) is 19.3. The number of amides is 1. The Balaban J connectivity index is 1.30. The van der Waals surface area contributed by atoms with Crippen LogP contribution >= 0.6 is 0 Å². The minimum atomic E-state index is -1.63. The number of carbonyl (C=O) groups is 1. The van der Waals surface area contributed by atoms with E-state index in [9.17, 15) is 35.4 Å². The van der Waals surface area contributed by atoms with Crippen molar-refractivity contribution in [2.45, 2.75) is 143 Å². The third-order valence-corrected chi connectivity index (χ3v) is 11.1. The van der Waals surface area contributed by atoms with E-state index in [0.29, 0.717) is 12.5 Å². The van der Waals surface area contributed by atoms with Gasteiger partial charge >= 0.3 is 0 Å². The molecule has 0 aromatic heterocycles. The van der Waals surface area contributed by atoms with Crippen LogP contribution in [-0.2, 0) is 33.2 Å². The smallest absolute Gasteiger partial charge is 0.222 e. The zero-order valence-electron chi connectivity index (χ0n) is 31.9. The molecule has 0 aromatic rings. The number of nitrogens with two attached hydrogens (primary N) is 4. The Morgan fingerprint density at radius 1 is 0.855 bits per heavy atom. The highest BCUT2D eigenvalue weighted by molar-refractivity contribution is 5.76. The predicted molar refractivity (Wildman–Crippen MR) is 194 cm³/mol. The predicted octanol–water partition coefficient (Wildman–Crippen LogP) is -5.91. The standard InChI is InChI=1S/C35H65N7O13/c1-15-6-16(7-15)11-40-12-18-4-5-19(37)33(50-18)53-30-20(38)9-21(41-24(45)8-17(44)13-42(2)3)26(46)32(30)55-35-29(49)31(23(14-43)52-35)54-34-25(39)28(48)27(47)22(10-36)51-34/h4-5,15-23,25-35,40,43-44,46-49H,6-14,36-39H2,1-3H3,(H,41,45). The molecule has 20 heteroatoms. The van der Waals surface area contributed by atoms with E-state index in [1.807, 2.05) is 6.08 Å². The van der Waals surface area contributed by atoms with Crippen molar-refractivity contribution in [2.75, 3.05) is 46.9 Å². The Labute approximate surface area is 321 Å². The van der Waals surface area contributed by atoms with E-state index in [1.165, 1.54) is 12.8 Å². The van der Waals surface area contributed by atoms with Crippen LogP contribution in [0.15, 0.2) is 12.2 Å². The van der Waals surface area contributed by atoms with E-state index in [0.717, 1.165) is 12.5 Å². The Morgan fingerprint density at radius 2 is 1.53 bits per heavy atom. The van der Waals surface area contributed by atoms with Gasteiger partial charge in [0, 0.05) is 25.7 Å². The number of aliphatic hydroxyl groups is 6. The average molecular weight is 792 g/mol. The van der Waals surface area contributed by atoms with Crippen molar-refractivity contribution in [3.63, 3.8) is 0 Å². The SMILES string of the molecule is CC1CC(CNCC2C=CC(N)C(OC3C(N)CC(NC(=O)CC(O)CN(C)C)C(O)C3OC3OC(CO)C(OC4OC(CN)C(O)C(O)C4N)C3O)O2)C1. The zero-order chi connectivity index (χ0) is 40.1. The average Bonchev–Trinajstić information content (AvgIpc) is 3.41.